The first-order valence-corrected chi connectivity index (χ1v) is 7.07. The Morgan fingerprint density at radius 1 is 1.43 bits per heavy atom. The monoisotopic (exact) mass is 297 g/mol. The van der Waals surface area contributed by atoms with Gasteiger partial charge in [-0.25, -0.2) is 4.98 Å². The van der Waals surface area contributed by atoms with Crippen molar-refractivity contribution in [2.24, 2.45) is 4.99 Å². The topological polar surface area (TPSA) is 77.9 Å². The predicted molar refractivity (Wildman–Crippen MR) is 88.1 cm³/mol. The average Bonchev–Trinajstić information content (AvgIpc) is 2.48. The summed E-state index contributed by atoms with van der Waals surface area (Å²) in [5.74, 6) is 0. The molecule has 0 fully saturated rings. The van der Waals surface area contributed by atoms with Crippen molar-refractivity contribution in [2.75, 3.05) is 0 Å². The van der Waals surface area contributed by atoms with Crippen LogP contribution in [0.2, 0.25) is 0 Å². The largest absolute Gasteiger partial charge is 0.291 e. The van der Waals surface area contributed by atoms with E-state index in [1.54, 1.807) is 12.3 Å². The zero-order chi connectivity index (χ0) is 15.2. The fourth-order valence-corrected chi connectivity index (χ4v) is 2.38. The van der Waals surface area contributed by atoms with Gasteiger partial charge in [-0.05, 0) is 36.9 Å². The Kier molecular flexibility index (Phi) is 4.84. The summed E-state index contributed by atoms with van der Waals surface area (Å²) in [6, 6.07) is 7.42. The molecule has 0 spiro atoms. The van der Waals surface area contributed by atoms with Gasteiger partial charge < -0.3 is 0 Å². The van der Waals surface area contributed by atoms with Crippen molar-refractivity contribution < 1.29 is 0 Å². The SMILES string of the molecule is C=C(/N=C\C=C/C)Sc1nc2ccccc2n(C=N)c1=N. The van der Waals surface area contributed by atoms with Crippen LogP contribution < -0.4 is 5.49 Å². The van der Waals surface area contributed by atoms with Crippen LogP contribution in [-0.4, -0.2) is 22.1 Å². The normalized spacial score (nSPS) is 11.5. The lowest BCUT2D eigenvalue weighted by Crippen LogP contribution is -2.23. The molecule has 0 amide bonds. The minimum atomic E-state index is 0.149. The van der Waals surface area contributed by atoms with Crippen molar-refractivity contribution in [2.45, 2.75) is 11.9 Å². The highest BCUT2D eigenvalue weighted by Crippen LogP contribution is 2.22. The van der Waals surface area contributed by atoms with Crippen LogP contribution >= 0.6 is 11.8 Å². The second-order valence-electron chi connectivity index (χ2n) is 4.05. The summed E-state index contributed by atoms with van der Waals surface area (Å²) in [4.78, 5) is 8.60. The van der Waals surface area contributed by atoms with E-state index in [0.717, 1.165) is 17.4 Å². The standard InChI is InChI=1S/C15H15N5S/c1-3-4-9-18-11(2)21-15-14(17)20(10-16)13-8-6-5-7-12(13)19-15/h3-10,16-17H,2H2,1H3/b4-3-,16-10?,17-14?,18-9-. The molecule has 0 aliphatic heterocycles. The highest BCUT2D eigenvalue weighted by atomic mass is 32.2. The maximum Gasteiger partial charge on any atom is 0.164 e. The van der Waals surface area contributed by atoms with Gasteiger partial charge in [-0.2, -0.15) is 0 Å². The first-order chi connectivity index (χ1) is 10.2. The van der Waals surface area contributed by atoms with E-state index in [2.05, 4.69) is 16.6 Å². The van der Waals surface area contributed by atoms with Crippen LogP contribution in [0.3, 0.4) is 0 Å². The molecule has 0 bridgehead atoms. The Balaban J connectivity index is 2.45. The average molecular weight is 297 g/mol. The Bertz CT molecular complexity index is 801. The Morgan fingerprint density at radius 2 is 2.19 bits per heavy atom. The molecule has 0 atom stereocenters. The van der Waals surface area contributed by atoms with Gasteiger partial charge in [-0.1, -0.05) is 24.8 Å². The number of aliphatic imine (C=N–C) groups is 1. The molecule has 1 aromatic carbocycles. The quantitative estimate of drug-likeness (QED) is 0.505. The van der Waals surface area contributed by atoms with E-state index >= 15 is 0 Å². The lowest BCUT2D eigenvalue weighted by molar-refractivity contribution is 0.911. The molecule has 0 radical (unpaired) electrons. The summed E-state index contributed by atoms with van der Waals surface area (Å²) in [5, 5.41) is 16.7. The smallest absolute Gasteiger partial charge is 0.164 e. The van der Waals surface area contributed by atoms with E-state index < -0.39 is 0 Å². The van der Waals surface area contributed by atoms with Crippen LogP contribution in [0.1, 0.15) is 6.92 Å². The minimum Gasteiger partial charge on any atom is -0.291 e. The Labute approximate surface area is 126 Å². The number of thioether (sulfide) groups is 1. The van der Waals surface area contributed by atoms with Crippen LogP contribution in [0, 0.1) is 10.8 Å². The van der Waals surface area contributed by atoms with Gasteiger partial charge in [-0.3, -0.25) is 20.4 Å². The van der Waals surface area contributed by atoms with Gasteiger partial charge in [0.05, 0.1) is 22.4 Å². The first-order valence-electron chi connectivity index (χ1n) is 6.26. The van der Waals surface area contributed by atoms with Crippen LogP contribution in [0.4, 0.5) is 0 Å². The number of para-hydroxylation sites is 2. The summed E-state index contributed by atoms with van der Waals surface area (Å²) in [6.45, 7) is 5.74. The molecule has 0 saturated heterocycles. The molecule has 6 heteroatoms. The lowest BCUT2D eigenvalue weighted by Gasteiger charge is -2.08. The van der Waals surface area contributed by atoms with Gasteiger partial charge in [0.1, 0.15) is 5.03 Å². The number of hydrogen-bond acceptors (Lipinski definition) is 5. The first kappa shape index (κ1) is 14.9. The highest BCUT2D eigenvalue weighted by molar-refractivity contribution is 8.03. The van der Waals surface area contributed by atoms with Gasteiger partial charge in [0.2, 0.25) is 0 Å². The summed E-state index contributed by atoms with van der Waals surface area (Å²) in [5.41, 5.74) is 1.60. The fraction of sp³-hybridized carbons (Fsp3) is 0.0667. The van der Waals surface area contributed by atoms with E-state index in [1.165, 1.54) is 16.3 Å². The fourth-order valence-electron chi connectivity index (χ4n) is 1.70. The molecule has 2 rings (SSSR count). The number of aromatic nitrogens is 2. The van der Waals surface area contributed by atoms with Crippen molar-refractivity contribution in [1.29, 1.82) is 10.8 Å². The number of benzene rings is 1. The molecule has 21 heavy (non-hydrogen) atoms. The van der Waals surface area contributed by atoms with Crippen molar-refractivity contribution >= 4 is 35.3 Å². The molecule has 0 aliphatic carbocycles. The number of hydrogen-bond donors (Lipinski definition) is 2. The molecule has 2 aromatic rings. The molecule has 0 aliphatic rings. The third-order valence-electron chi connectivity index (χ3n) is 2.65. The summed E-state index contributed by atoms with van der Waals surface area (Å²) in [6.07, 6.45) is 6.43. The molecule has 1 aromatic heterocycles. The van der Waals surface area contributed by atoms with Gasteiger partial charge in [0.15, 0.2) is 5.49 Å². The zero-order valence-electron chi connectivity index (χ0n) is 11.6. The van der Waals surface area contributed by atoms with Gasteiger partial charge in [0.25, 0.3) is 0 Å². The van der Waals surface area contributed by atoms with Crippen LogP contribution in [-0.2, 0) is 0 Å². The maximum absolute atomic E-state index is 8.16. The maximum atomic E-state index is 8.16. The molecule has 2 N–H and O–H groups in total. The van der Waals surface area contributed by atoms with Gasteiger partial charge in [-0.15, -0.1) is 0 Å². The number of nitrogens with zero attached hydrogens (tertiary/aromatic N) is 3. The molecule has 0 unspecified atom stereocenters. The number of rotatable bonds is 5. The van der Waals surface area contributed by atoms with Gasteiger partial charge >= 0.3 is 0 Å². The van der Waals surface area contributed by atoms with Crippen LogP contribution in [0.5, 0.6) is 0 Å². The van der Waals surface area contributed by atoms with Crippen molar-refractivity contribution in [3.05, 3.63) is 53.5 Å². The highest BCUT2D eigenvalue weighted by Gasteiger charge is 2.08. The second kappa shape index (κ2) is 6.81. The van der Waals surface area contributed by atoms with Crippen molar-refractivity contribution in [3.63, 3.8) is 0 Å². The second-order valence-corrected chi connectivity index (χ2v) is 5.12. The van der Waals surface area contributed by atoms with Crippen molar-refractivity contribution in [1.82, 2.24) is 9.55 Å². The summed E-state index contributed by atoms with van der Waals surface area (Å²) >= 11 is 1.22. The predicted octanol–water partition coefficient (Wildman–Crippen LogP) is 3.18. The zero-order valence-corrected chi connectivity index (χ0v) is 12.4. The third kappa shape index (κ3) is 3.35. The molecule has 5 nitrogen and oxygen atoms in total. The minimum absolute atomic E-state index is 0.149. The van der Waals surface area contributed by atoms with E-state index in [1.807, 2.05) is 37.3 Å². The molecule has 0 saturated carbocycles. The summed E-state index contributed by atoms with van der Waals surface area (Å²) in [7, 11) is 0. The van der Waals surface area contributed by atoms with E-state index in [-0.39, 0.29) is 5.49 Å². The number of nitrogens with one attached hydrogen (secondary N) is 2. The molecular formula is C15H15N5S. The number of fused-ring (bicyclic) bond motifs is 1. The third-order valence-corrected chi connectivity index (χ3v) is 3.47. The lowest BCUT2D eigenvalue weighted by atomic mass is 10.3. The Hall–Kier alpha value is -2.47. The summed E-state index contributed by atoms with van der Waals surface area (Å²) < 4.78 is 1.48. The van der Waals surface area contributed by atoms with E-state index in [9.17, 15) is 0 Å². The van der Waals surface area contributed by atoms with Crippen molar-refractivity contribution in [3.8, 4) is 0 Å². The van der Waals surface area contributed by atoms with E-state index in [0.29, 0.717) is 10.1 Å². The van der Waals surface area contributed by atoms with Crippen LogP contribution in [0.15, 0.2) is 58.0 Å². The molecule has 106 valence electrons. The van der Waals surface area contributed by atoms with Crippen LogP contribution in [0.25, 0.3) is 11.0 Å². The Morgan fingerprint density at radius 3 is 2.90 bits per heavy atom. The van der Waals surface area contributed by atoms with E-state index in [4.69, 9.17) is 10.8 Å². The number of allylic oxidation sites excluding steroid dienone is 2. The molecule has 1 heterocycles. The van der Waals surface area contributed by atoms with Gasteiger partial charge in [0, 0.05) is 6.21 Å². The molecular weight excluding hydrogens is 282 g/mol.